The smallest absolute Gasteiger partial charge is 0.329 e. The molecule has 1 aliphatic carbocycles. The zero-order valence-electron chi connectivity index (χ0n) is 19.4. The topological polar surface area (TPSA) is 106 Å². The van der Waals surface area contributed by atoms with E-state index in [4.69, 9.17) is 9.47 Å². The van der Waals surface area contributed by atoms with Crippen LogP contribution in [0, 0.1) is 11.8 Å². The number of nitrogens with zero attached hydrogens (tertiary/aromatic N) is 3. The van der Waals surface area contributed by atoms with Gasteiger partial charge in [-0.05, 0) is 31.9 Å². The fourth-order valence-electron chi connectivity index (χ4n) is 4.63. The van der Waals surface area contributed by atoms with Gasteiger partial charge in [0.05, 0.1) is 30.3 Å². The molecule has 0 spiro atoms. The number of carbonyl (C=O) groups excluding carboxylic acids is 4. The van der Waals surface area contributed by atoms with Crippen LogP contribution in [0.15, 0.2) is 29.6 Å². The molecule has 1 aromatic carbocycles. The SMILES string of the molecule is COc1ccccc1N(C(C)=O)c1nc(COC(=O)[C@H](C)N2C(=O)[C@H]3CCCC[C@H]3C2=O)cs1. The maximum absolute atomic E-state index is 12.7. The van der Waals surface area contributed by atoms with Crippen LogP contribution < -0.4 is 9.64 Å². The van der Waals surface area contributed by atoms with E-state index >= 15 is 0 Å². The molecule has 34 heavy (non-hydrogen) atoms. The van der Waals surface area contributed by atoms with Crippen molar-refractivity contribution in [2.45, 2.75) is 52.2 Å². The van der Waals surface area contributed by atoms with E-state index in [1.165, 1.54) is 37.2 Å². The van der Waals surface area contributed by atoms with Crippen LogP contribution in [-0.4, -0.2) is 46.7 Å². The Hall–Kier alpha value is -3.27. The minimum absolute atomic E-state index is 0.138. The van der Waals surface area contributed by atoms with Crippen molar-refractivity contribution in [2.24, 2.45) is 11.8 Å². The Morgan fingerprint density at radius 2 is 1.82 bits per heavy atom. The summed E-state index contributed by atoms with van der Waals surface area (Å²) in [7, 11) is 1.52. The Balaban J connectivity index is 1.43. The summed E-state index contributed by atoms with van der Waals surface area (Å²) in [6.45, 7) is 2.80. The summed E-state index contributed by atoms with van der Waals surface area (Å²) in [5.41, 5.74) is 1.01. The van der Waals surface area contributed by atoms with Gasteiger partial charge in [-0.2, -0.15) is 0 Å². The lowest BCUT2D eigenvalue weighted by atomic mass is 9.81. The first kappa shape index (κ1) is 23.9. The molecular formula is C24H27N3O6S. The molecule has 180 valence electrons. The molecule has 0 bridgehead atoms. The number of likely N-dealkylation sites (tertiary alicyclic amines) is 1. The highest BCUT2D eigenvalue weighted by Gasteiger charge is 2.51. The lowest BCUT2D eigenvalue weighted by molar-refractivity contribution is -0.159. The lowest BCUT2D eigenvalue weighted by Gasteiger charge is -2.21. The second kappa shape index (κ2) is 9.92. The van der Waals surface area contributed by atoms with E-state index in [2.05, 4.69) is 4.98 Å². The van der Waals surface area contributed by atoms with E-state index in [9.17, 15) is 19.2 Å². The lowest BCUT2D eigenvalue weighted by Crippen LogP contribution is -2.44. The number of imide groups is 1. The standard InChI is InChI=1S/C24H27N3O6S/c1-14(26-21(29)17-8-4-5-9-18(17)22(26)30)23(31)33-12-16-13-34-24(25-16)27(15(2)28)19-10-6-7-11-20(19)32-3/h6-7,10-11,13-14,17-18H,4-5,8-9,12H2,1-3H3/t14-,17-,18+/m0/s1. The number of benzene rings is 1. The molecule has 2 fully saturated rings. The van der Waals surface area contributed by atoms with Crippen molar-refractivity contribution in [2.75, 3.05) is 12.0 Å². The number of anilines is 2. The Morgan fingerprint density at radius 3 is 2.44 bits per heavy atom. The van der Waals surface area contributed by atoms with Crippen LogP contribution in [-0.2, 0) is 30.5 Å². The second-order valence-corrected chi connectivity index (χ2v) is 9.31. The van der Waals surface area contributed by atoms with Crippen molar-refractivity contribution in [3.63, 3.8) is 0 Å². The normalized spacial score (nSPS) is 20.6. The maximum Gasteiger partial charge on any atom is 0.329 e. The van der Waals surface area contributed by atoms with Gasteiger partial charge in [-0.1, -0.05) is 25.0 Å². The van der Waals surface area contributed by atoms with Crippen molar-refractivity contribution < 1.29 is 28.7 Å². The Morgan fingerprint density at radius 1 is 1.18 bits per heavy atom. The van der Waals surface area contributed by atoms with Gasteiger partial charge >= 0.3 is 5.97 Å². The van der Waals surface area contributed by atoms with E-state index in [0.717, 1.165) is 17.7 Å². The predicted molar refractivity (Wildman–Crippen MR) is 124 cm³/mol. The highest BCUT2D eigenvalue weighted by Crippen LogP contribution is 2.39. The second-order valence-electron chi connectivity index (χ2n) is 8.48. The molecule has 2 aliphatic rings. The molecule has 1 aromatic heterocycles. The molecule has 4 rings (SSSR count). The minimum atomic E-state index is -0.994. The van der Waals surface area contributed by atoms with E-state index in [-0.39, 0.29) is 36.2 Å². The number of fused-ring (bicyclic) bond motifs is 1. The zero-order valence-corrected chi connectivity index (χ0v) is 20.2. The number of aromatic nitrogens is 1. The molecule has 10 heteroatoms. The van der Waals surface area contributed by atoms with Crippen LogP contribution in [0.1, 0.15) is 45.2 Å². The number of amides is 3. The van der Waals surface area contributed by atoms with E-state index in [1.54, 1.807) is 29.6 Å². The molecule has 9 nitrogen and oxygen atoms in total. The third kappa shape index (κ3) is 4.42. The van der Waals surface area contributed by atoms with Crippen molar-refractivity contribution in [1.82, 2.24) is 9.88 Å². The van der Waals surface area contributed by atoms with Crippen LogP contribution in [0.25, 0.3) is 0 Å². The summed E-state index contributed by atoms with van der Waals surface area (Å²) in [6.07, 6.45) is 3.22. The number of hydrogen-bond acceptors (Lipinski definition) is 8. The fraction of sp³-hybridized carbons (Fsp3) is 0.458. The molecule has 0 radical (unpaired) electrons. The average molecular weight is 486 g/mol. The monoisotopic (exact) mass is 485 g/mol. The molecule has 3 atom stereocenters. The molecule has 0 unspecified atom stereocenters. The summed E-state index contributed by atoms with van der Waals surface area (Å²) in [5, 5.41) is 2.10. The number of para-hydroxylation sites is 2. The van der Waals surface area contributed by atoms with Crippen molar-refractivity contribution in [3.8, 4) is 5.75 Å². The summed E-state index contributed by atoms with van der Waals surface area (Å²) >= 11 is 1.23. The third-order valence-electron chi connectivity index (χ3n) is 6.34. The van der Waals surface area contributed by atoms with Gasteiger partial charge in [0.15, 0.2) is 5.13 Å². The first-order valence-electron chi connectivity index (χ1n) is 11.2. The van der Waals surface area contributed by atoms with Crippen molar-refractivity contribution in [3.05, 3.63) is 35.3 Å². The Bertz CT molecular complexity index is 1090. The summed E-state index contributed by atoms with van der Waals surface area (Å²) in [6, 6.07) is 6.11. The molecule has 1 saturated heterocycles. The van der Waals surface area contributed by atoms with Crippen LogP contribution in [0.2, 0.25) is 0 Å². The number of hydrogen-bond donors (Lipinski definition) is 0. The number of esters is 1. The number of ether oxygens (including phenoxy) is 2. The summed E-state index contributed by atoms with van der Waals surface area (Å²) in [4.78, 5) is 57.5. The molecule has 0 N–H and O–H groups in total. The maximum atomic E-state index is 12.7. The van der Waals surface area contributed by atoms with Gasteiger partial charge in [0.1, 0.15) is 18.4 Å². The highest BCUT2D eigenvalue weighted by molar-refractivity contribution is 7.14. The average Bonchev–Trinajstić information content (AvgIpc) is 3.40. The number of thiazole rings is 1. The van der Waals surface area contributed by atoms with Crippen LogP contribution >= 0.6 is 11.3 Å². The number of rotatable bonds is 7. The first-order chi connectivity index (χ1) is 16.3. The summed E-state index contributed by atoms with van der Waals surface area (Å²) < 4.78 is 10.8. The van der Waals surface area contributed by atoms with Gasteiger partial charge < -0.3 is 9.47 Å². The van der Waals surface area contributed by atoms with Gasteiger partial charge in [-0.3, -0.25) is 24.2 Å². The van der Waals surface area contributed by atoms with Crippen molar-refractivity contribution in [1.29, 1.82) is 0 Å². The first-order valence-corrected chi connectivity index (χ1v) is 12.1. The van der Waals surface area contributed by atoms with Crippen LogP contribution in [0.3, 0.4) is 0 Å². The van der Waals surface area contributed by atoms with E-state index < -0.39 is 12.0 Å². The quantitative estimate of drug-likeness (QED) is 0.437. The Kier molecular flexibility index (Phi) is 6.97. The third-order valence-corrected chi connectivity index (χ3v) is 7.21. The summed E-state index contributed by atoms with van der Waals surface area (Å²) in [5.74, 6) is -1.56. The van der Waals surface area contributed by atoms with E-state index in [0.29, 0.717) is 35.1 Å². The largest absolute Gasteiger partial charge is 0.495 e. The molecule has 3 amide bonds. The van der Waals surface area contributed by atoms with Gasteiger partial charge in [0.2, 0.25) is 17.7 Å². The predicted octanol–water partition coefficient (Wildman–Crippen LogP) is 3.44. The molecular weight excluding hydrogens is 458 g/mol. The Labute approximate surface area is 201 Å². The van der Waals surface area contributed by atoms with Crippen molar-refractivity contribution >= 4 is 45.8 Å². The fourth-order valence-corrected chi connectivity index (χ4v) is 5.49. The molecule has 1 aliphatic heterocycles. The van der Waals surface area contributed by atoms with Gasteiger partial charge in [0, 0.05) is 12.3 Å². The molecule has 1 saturated carbocycles. The van der Waals surface area contributed by atoms with Gasteiger partial charge in [-0.25, -0.2) is 9.78 Å². The number of carbonyl (C=O) groups is 4. The van der Waals surface area contributed by atoms with E-state index in [1.807, 2.05) is 0 Å². The number of methoxy groups -OCH3 is 1. The van der Waals surface area contributed by atoms with Gasteiger partial charge in [0.25, 0.3) is 0 Å². The zero-order chi connectivity index (χ0) is 24.4. The van der Waals surface area contributed by atoms with Gasteiger partial charge in [-0.15, -0.1) is 11.3 Å². The van der Waals surface area contributed by atoms with Crippen LogP contribution in [0.5, 0.6) is 5.75 Å². The van der Waals surface area contributed by atoms with Crippen LogP contribution in [0.4, 0.5) is 10.8 Å². The molecule has 2 aromatic rings. The minimum Gasteiger partial charge on any atom is -0.495 e. The molecule has 2 heterocycles. The highest BCUT2D eigenvalue weighted by atomic mass is 32.1.